The van der Waals surface area contributed by atoms with Crippen LogP contribution < -0.4 is 5.56 Å². The Morgan fingerprint density at radius 3 is 2.60 bits per heavy atom. The number of aromatic nitrogens is 4. The number of halogens is 3. The van der Waals surface area contributed by atoms with Gasteiger partial charge in [-0.15, -0.1) is 0 Å². The molecule has 0 aliphatic heterocycles. The molecule has 0 amide bonds. The fraction of sp³-hybridized carbons (Fsp3) is 0.417. The maximum atomic E-state index is 12.0. The van der Waals surface area contributed by atoms with E-state index in [1.807, 2.05) is 18.5 Å². The summed E-state index contributed by atoms with van der Waals surface area (Å²) in [6.45, 7) is 5.02. The van der Waals surface area contributed by atoms with E-state index >= 15 is 0 Å². The van der Waals surface area contributed by atoms with E-state index in [9.17, 15) is 4.79 Å². The minimum Gasteiger partial charge on any atom is -0.267 e. The normalized spacial score (nSPS) is 11.1. The van der Waals surface area contributed by atoms with Crippen molar-refractivity contribution in [2.24, 2.45) is 0 Å². The summed E-state index contributed by atoms with van der Waals surface area (Å²) in [5.41, 5.74) is 1.43. The molecule has 2 aromatic heterocycles. The lowest BCUT2D eigenvalue weighted by Gasteiger charge is -2.08. The van der Waals surface area contributed by atoms with Crippen molar-refractivity contribution in [3.05, 3.63) is 42.5 Å². The van der Waals surface area contributed by atoms with Crippen molar-refractivity contribution in [1.82, 2.24) is 19.6 Å². The highest BCUT2D eigenvalue weighted by Gasteiger charge is 2.16. The van der Waals surface area contributed by atoms with E-state index in [1.165, 1.54) is 10.9 Å². The first-order valence-corrected chi connectivity index (χ1v) is 7.69. The number of hydrogen-bond acceptors (Lipinski definition) is 3. The molecule has 0 fully saturated rings. The third-order valence-corrected chi connectivity index (χ3v) is 4.60. The van der Waals surface area contributed by atoms with Crippen molar-refractivity contribution in [2.45, 2.75) is 33.4 Å². The summed E-state index contributed by atoms with van der Waals surface area (Å²) in [7, 11) is 0. The minimum atomic E-state index is -0.409. The molecule has 0 bridgehead atoms. The Labute approximate surface area is 134 Å². The summed E-state index contributed by atoms with van der Waals surface area (Å²) < 4.78 is 4.03. The first-order chi connectivity index (χ1) is 9.49. The van der Waals surface area contributed by atoms with Gasteiger partial charge in [-0.25, -0.2) is 4.68 Å². The topological polar surface area (TPSA) is 52.7 Å². The van der Waals surface area contributed by atoms with Crippen molar-refractivity contribution in [3.63, 3.8) is 0 Å². The summed E-state index contributed by atoms with van der Waals surface area (Å²) in [5, 5.41) is 8.63. The number of nitrogens with zero attached hydrogens (tertiary/aromatic N) is 4. The van der Waals surface area contributed by atoms with Crippen molar-refractivity contribution in [1.29, 1.82) is 0 Å². The van der Waals surface area contributed by atoms with Gasteiger partial charge < -0.3 is 0 Å². The van der Waals surface area contributed by atoms with Crippen LogP contribution in [0.15, 0.2) is 15.5 Å². The van der Waals surface area contributed by atoms with E-state index in [4.69, 9.17) is 23.2 Å². The summed E-state index contributed by atoms with van der Waals surface area (Å²) in [5.74, 6) is 0. The number of aryl methyl sites for hydroxylation is 2. The van der Waals surface area contributed by atoms with Crippen LogP contribution in [0.25, 0.3) is 0 Å². The number of hydrogen-bond donors (Lipinski definition) is 0. The largest absolute Gasteiger partial charge is 0.287 e. The van der Waals surface area contributed by atoms with Crippen LogP contribution in [0.2, 0.25) is 10.0 Å². The first kappa shape index (κ1) is 15.5. The van der Waals surface area contributed by atoms with Crippen LogP contribution in [0.3, 0.4) is 0 Å². The monoisotopic (exact) mass is 378 g/mol. The molecule has 0 radical (unpaired) electrons. The second kappa shape index (κ2) is 6.28. The fourth-order valence-electron chi connectivity index (χ4n) is 1.87. The number of rotatable bonds is 4. The highest BCUT2D eigenvalue weighted by atomic mass is 79.9. The Bertz CT molecular complexity index is 695. The van der Waals surface area contributed by atoms with Crippen LogP contribution in [-0.2, 0) is 19.5 Å². The molecule has 2 aromatic rings. The van der Waals surface area contributed by atoms with E-state index in [0.29, 0.717) is 6.54 Å². The van der Waals surface area contributed by atoms with Gasteiger partial charge in [-0.05, 0) is 29.3 Å². The molecule has 0 aliphatic rings. The molecular weight excluding hydrogens is 367 g/mol. The Hall–Kier alpha value is -0.850. The average molecular weight is 380 g/mol. The Morgan fingerprint density at radius 1 is 1.30 bits per heavy atom. The minimum absolute atomic E-state index is 0.0175. The van der Waals surface area contributed by atoms with E-state index in [1.54, 1.807) is 0 Å². The van der Waals surface area contributed by atoms with Gasteiger partial charge in [-0.2, -0.15) is 10.2 Å². The molecule has 0 spiro atoms. The average Bonchev–Trinajstić information content (AvgIpc) is 2.75. The van der Waals surface area contributed by atoms with Crippen LogP contribution in [-0.4, -0.2) is 19.6 Å². The lowest BCUT2D eigenvalue weighted by Crippen LogP contribution is -2.25. The Balaban J connectivity index is 2.47. The van der Waals surface area contributed by atoms with Crippen LogP contribution >= 0.6 is 39.1 Å². The Kier molecular flexibility index (Phi) is 4.88. The molecule has 0 unspecified atom stereocenters. The van der Waals surface area contributed by atoms with Gasteiger partial charge in [0.1, 0.15) is 5.02 Å². The molecule has 20 heavy (non-hydrogen) atoms. The summed E-state index contributed by atoms with van der Waals surface area (Å²) in [4.78, 5) is 12.0. The smallest absolute Gasteiger partial charge is 0.267 e. The van der Waals surface area contributed by atoms with Gasteiger partial charge >= 0.3 is 0 Å². The predicted octanol–water partition coefficient (Wildman–Crippen LogP) is 3.14. The molecule has 2 heterocycles. The zero-order chi connectivity index (χ0) is 14.9. The zero-order valence-electron chi connectivity index (χ0n) is 11.0. The highest BCUT2D eigenvalue weighted by molar-refractivity contribution is 9.10. The van der Waals surface area contributed by atoms with Crippen molar-refractivity contribution in [3.8, 4) is 0 Å². The second-order valence-electron chi connectivity index (χ2n) is 4.15. The van der Waals surface area contributed by atoms with Crippen LogP contribution in [0, 0.1) is 0 Å². The molecule has 0 atom stereocenters. The molecule has 0 saturated heterocycles. The second-order valence-corrected chi connectivity index (χ2v) is 5.72. The van der Waals surface area contributed by atoms with Gasteiger partial charge in [0.15, 0.2) is 0 Å². The van der Waals surface area contributed by atoms with Crippen molar-refractivity contribution >= 4 is 39.1 Å². The van der Waals surface area contributed by atoms with Crippen LogP contribution in [0.1, 0.15) is 25.2 Å². The Morgan fingerprint density at radius 2 is 2.00 bits per heavy atom. The molecule has 108 valence electrons. The van der Waals surface area contributed by atoms with Gasteiger partial charge in [-0.1, -0.05) is 30.1 Å². The van der Waals surface area contributed by atoms with Gasteiger partial charge in [0.05, 0.1) is 33.6 Å². The summed E-state index contributed by atoms with van der Waals surface area (Å²) in [6.07, 6.45) is 2.18. The van der Waals surface area contributed by atoms with Gasteiger partial charge in [-0.3, -0.25) is 9.48 Å². The summed E-state index contributed by atoms with van der Waals surface area (Å²) >= 11 is 15.2. The molecule has 8 heteroatoms. The van der Waals surface area contributed by atoms with E-state index < -0.39 is 5.56 Å². The van der Waals surface area contributed by atoms with Gasteiger partial charge in [0.25, 0.3) is 5.56 Å². The standard InChI is InChI=1S/C12H13BrCl2N4O/c1-3-8-10(13)9(18(4-2)17-8)6-19-12(20)11(15)7(14)5-16-19/h5H,3-4,6H2,1-2H3. The fourth-order valence-corrected chi connectivity index (χ4v) is 2.83. The lowest BCUT2D eigenvalue weighted by atomic mass is 10.3. The lowest BCUT2D eigenvalue weighted by molar-refractivity contribution is 0.557. The molecule has 0 aromatic carbocycles. The van der Waals surface area contributed by atoms with Gasteiger partial charge in [0.2, 0.25) is 0 Å². The maximum absolute atomic E-state index is 12.0. The maximum Gasteiger partial charge on any atom is 0.287 e. The van der Waals surface area contributed by atoms with E-state index in [0.717, 1.165) is 22.3 Å². The molecule has 0 aliphatic carbocycles. The highest BCUT2D eigenvalue weighted by Crippen LogP contribution is 2.23. The van der Waals surface area contributed by atoms with E-state index in [-0.39, 0.29) is 16.6 Å². The predicted molar refractivity (Wildman–Crippen MR) is 82.6 cm³/mol. The first-order valence-electron chi connectivity index (χ1n) is 6.14. The third kappa shape index (κ3) is 2.77. The molecule has 0 saturated carbocycles. The third-order valence-electron chi connectivity index (χ3n) is 2.94. The SMILES string of the molecule is CCc1nn(CC)c(Cn2ncc(Cl)c(Cl)c2=O)c1Br. The quantitative estimate of drug-likeness (QED) is 0.819. The molecule has 0 N–H and O–H groups in total. The van der Waals surface area contributed by atoms with Gasteiger partial charge in [0, 0.05) is 6.54 Å². The zero-order valence-corrected chi connectivity index (χ0v) is 14.1. The molecular formula is C12H13BrCl2N4O. The van der Waals surface area contributed by atoms with Crippen molar-refractivity contribution in [2.75, 3.05) is 0 Å². The molecule has 5 nitrogen and oxygen atoms in total. The summed E-state index contributed by atoms with van der Waals surface area (Å²) in [6, 6.07) is 0. The van der Waals surface area contributed by atoms with Crippen molar-refractivity contribution < 1.29 is 0 Å². The molecule has 2 rings (SSSR count). The van der Waals surface area contributed by atoms with Crippen LogP contribution in [0.4, 0.5) is 0 Å². The van der Waals surface area contributed by atoms with E-state index in [2.05, 4.69) is 26.1 Å². The van der Waals surface area contributed by atoms with Crippen LogP contribution in [0.5, 0.6) is 0 Å².